The quantitative estimate of drug-likeness (QED) is 0.897. The lowest BCUT2D eigenvalue weighted by molar-refractivity contribution is 0.0304. The number of rotatable bonds is 5. The Kier molecular flexibility index (Phi) is 5.09. The van der Waals surface area contributed by atoms with Gasteiger partial charge in [0.2, 0.25) is 0 Å². The van der Waals surface area contributed by atoms with Crippen LogP contribution in [0.5, 0.6) is 0 Å². The summed E-state index contributed by atoms with van der Waals surface area (Å²) >= 11 is 0. The Bertz CT molecular complexity index is 697. The highest BCUT2D eigenvalue weighted by Gasteiger charge is 2.42. The first-order valence-electron chi connectivity index (χ1n) is 9.91. The van der Waals surface area contributed by atoms with E-state index in [-0.39, 0.29) is 12.1 Å². The van der Waals surface area contributed by atoms with E-state index in [0.717, 1.165) is 38.9 Å². The maximum Gasteiger partial charge on any atom is 0.137 e. The van der Waals surface area contributed by atoms with Crippen LogP contribution in [-0.2, 0) is 13.0 Å². The van der Waals surface area contributed by atoms with Gasteiger partial charge in [0, 0.05) is 19.6 Å². The van der Waals surface area contributed by atoms with E-state index in [9.17, 15) is 5.11 Å². The van der Waals surface area contributed by atoms with Crippen LogP contribution in [-0.4, -0.2) is 44.0 Å². The minimum atomic E-state index is -0.312. The van der Waals surface area contributed by atoms with Crippen LogP contribution in [0.25, 0.3) is 0 Å². The maximum atomic E-state index is 10.6. The molecule has 5 nitrogen and oxygen atoms in total. The number of likely N-dealkylation sites (tertiary alicyclic amines) is 1. The Morgan fingerprint density at radius 2 is 1.77 bits per heavy atom. The monoisotopic (exact) mass is 354 g/mol. The van der Waals surface area contributed by atoms with E-state index < -0.39 is 0 Å². The molecule has 1 aliphatic carbocycles. The van der Waals surface area contributed by atoms with Crippen molar-refractivity contribution in [1.82, 2.24) is 19.7 Å². The fraction of sp³-hybridized carbons (Fsp3) is 0.619. The average molecular weight is 354 g/mol. The van der Waals surface area contributed by atoms with Crippen LogP contribution in [0.2, 0.25) is 0 Å². The van der Waals surface area contributed by atoms with Gasteiger partial charge in [0.25, 0.3) is 0 Å². The van der Waals surface area contributed by atoms with Gasteiger partial charge in [-0.05, 0) is 48.1 Å². The summed E-state index contributed by atoms with van der Waals surface area (Å²) < 4.78 is 1.84. The van der Waals surface area contributed by atoms with Crippen molar-refractivity contribution in [3.8, 4) is 0 Å². The van der Waals surface area contributed by atoms with Crippen LogP contribution >= 0.6 is 0 Å². The second-order valence-electron chi connectivity index (χ2n) is 8.61. The summed E-state index contributed by atoms with van der Waals surface area (Å²) in [6.45, 7) is 7.76. The zero-order valence-electron chi connectivity index (χ0n) is 15.8. The van der Waals surface area contributed by atoms with Crippen molar-refractivity contribution in [2.45, 2.75) is 51.8 Å². The minimum absolute atomic E-state index is 0.0778. The molecule has 1 aromatic heterocycles. The van der Waals surface area contributed by atoms with Crippen LogP contribution in [0.1, 0.15) is 43.9 Å². The van der Waals surface area contributed by atoms with Gasteiger partial charge in [-0.25, -0.2) is 9.67 Å². The Morgan fingerprint density at radius 1 is 1.08 bits per heavy atom. The van der Waals surface area contributed by atoms with E-state index in [4.69, 9.17) is 0 Å². The number of aliphatic hydroxyl groups is 1. The van der Waals surface area contributed by atoms with Crippen LogP contribution in [0.15, 0.2) is 36.9 Å². The molecule has 0 unspecified atom stereocenters. The van der Waals surface area contributed by atoms with Gasteiger partial charge < -0.3 is 5.11 Å². The van der Waals surface area contributed by atoms with Gasteiger partial charge in [-0.1, -0.05) is 38.1 Å². The number of benzene rings is 1. The number of aromatic nitrogens is 3. The molecule has 2 aliphatic rings. The minimum Gasteiger partial charge on any atom is -0.391 e. The molecule has 2 aromatic rings. The molecule has 0 spiro atoms. The highest BCUT2D eigenvalue weighted by molar-refractivity contribution is 5.23. The molecule has 2 fully saturated rings. The summed E-state index contributed by atoms with van der Waals surface area (Å²) in [5, 5.41) is 14.8. The summed E-state index contributed by atoms with van der Waals surface area (Å²) in [7, 11) is 0. The molecule has 26 heavy (non-hydrogen) atoms. The van der Waals surface area contributed by atoms with Gasteiger partial charge in [-0.2, -0.15) is 5.10 Å². The van der Waals surface area contributed by atoms with Gasteiger partial charge in [-0.3, -0.25) is 4.90 Å². The zero-order chi connectivity index (χ0) is 18.1. The Labute approximate surface area is 156 Å². The standard InChI is InChI=1S/C21H30N4O/c1-15(2)7-16-3-5-17(6-4-16)10-24-11-18-8-20(25-14-22-13-23-25)21(26)9-19(18)12-24/h3-6,13-15,18-21,26H,7-12H2,1-2H3/t18-,19+,20-,21-/m1/s1. The van der Waals surface area contributed by atoms with Crippen LogP contribution < -0.4 is 0 Å². The van der Waals surface area contributed by atoms with Crippen molar-refractivity contribution in [1.29, 1.82) is 0 Å². The highest BCUT2D eigenvalue weighted by atomic mass is 16.3. The molecule has 4 atom stereocenters. The third-order valence-corrected chi connectivity index (χ3v) is 6.03. The average Bonchev–Trinajstić information content (AvgIpc) is 3.24. The van der Waals surface area contributed by atoms with Crippen LogP contribution in [0, 0.1) is 17.8 Å². The van der Waals surface area contributed by atoms with Gasteiger partial charge >= 0.3 is 0 Å². The van der Waals surface area contributed by atoms with E-state index in [1.165, 1.54) is 11.1 Å². The second-order valence-corrected chi connectivity index (χ2v) is 8.61. The van der Waals surface area contributed by atoms with E-state index in [0.29, 0.717) is 17.8 Å². The molecule has 140 valence electrons. The molecule has 0 bridgehead atoms. The summed E-state index contributed by atoms with van der Waals surface area (Å²) in [6.07, 6.45) is 6.00. The molecular weight excluding hydrogens is 324 g/mol. The van der Waals surface area contributed by atoms with Crippen molar-refractivity contribution in [3.63, 3.8) is 0 Å². The van der Waals surface area contributed by atoms with Crippen molar-refractivity contribution >= 4 is 0 Å². The van der Waals surface area contributed by atoms with E-state index >= 15 is 0 Å². The van der Waals surface area contributed by atoms with E-state index in [1.807, 2.05) is 4.68 Å². The van der Waals surface area contributed by atoms with E-state index in [2.05, 4.69) is 53.1 Å². The largest absolute Gasteiger partial charge is 0.391 e. The fourth-order valence-corrected chi connectivity index (χ4v) is 4.82. The van der Waals surface area contributed by atoms with Gasteiger partial charge in [0.05, 0.1) is 12.1 Å². The summed E-state index contributed by atoms with van der Waals surface area (Å²) in [6, 6.07) is 9.21. The molecule has 1 aromatic carbocycles. The van der Waals surface area contributed by atoms with Gasteiger partial charge in [0.1, 0.15) is 12.7 Å². The molecular formula is C21H30N4O. The van der Waals surface area contributed by atoms with Gasteiger partial charge in [0.15, 0.2) is 0 Å². The first kappa shape index (κ1) is 17.7. The third kappa shape index (κ3) is 3.84. The van der Waals surface area contributed by atoms with Crippen molar-refractivity contribution < 1.29 is 5.11 Å². The number of hydrogen-bond acceptors (Lipinski definition) is 4. The predicted molar refractivity (Wildman–Crippen MR) is 102 cm³/mol. The predicted octanol–water partition coefficient (Wildman–Crippen LogP) is 2.92. The molecule has 1 saturated carbocycles. The molecule has 0 amide bonds. The number of aliphatic hydroxyl groups excluding tert-OH is 1. The highest BCUT2D eigenvalue weighted by Crippen LogP contribution is 2.41. The first-order valence-corrected chi connectivity index (χ1v) is 9.91. The third-order valence-electron chi connectivity index (χ3n) is 6.03. The SMILES string of the molecule is CC(C)Cc1ccc(CN2C[C@H]3C[C@@H](n4cncn4)[C@H](O)C[C@H]3C2)cc1. The van der Waals surface area contributed by atoms with Crippen molar-refractivity contribution in [2.75, 3.05) is 13.1 Å². The van der Waals surface area contributed by atoms with Crippen LogP contribution in [0.3, 0.4) is 0 Å². The lowest BCUT2D eigenvalue weighted by Gasteiger charge is -2.35. The Morgan fingerprint density at radius 3 is 2.42 bits per heavy atom. The summed E-state index contributed by atoms with van der Waals surface area (Å²) in [4.78, 5) is 6.60. The maximum absolute atomic E-state index is 10.6. The number of hydrogen-bond donors (Lipinski definition) is 1. The second kappa shape index (κ2) is 7.49. The molecule has 5 heteroatoms. The lowest BCUT2D eigenvalue weighted by atomic mass is 9.77. The molecule has 4 rings (SSSR count). The Hall–Kier alpha value is -1.72. The normalized spacial score (nSPS) is 29.2. The van der Waals surface area contributed by atoms with Crippen molar-refractivity contribution in [2.24, 2.45) is 17.8 Å². The van der Waals surface area contributed by atoms with Crippen LogP contribution in [0.4, 0.5) is 0 Å². The molecule has 1 N–H and O–H groups in total. The summed E-state index contributed by atoms with van der Waals surface area (Å²) in [5.41, 5.74) is 2.82. The summed E-state index contributed by atoms with van der Waals surface area (Å²) in [5.74, 6) is 1.95. The zero-order valence-corrected chi connectivity index (χ0v) is 15.8. The molecule has 0 radical (unpaired) electrons. The first-order chi connectivity index (χ1) is 12.6. The van der Waals surface area contributed by atoms with Gasteiger partial charge in [-0.15, -0.1) is 0 Å². The lowest BCUT2D eigenvalue weighted by Crippen LogP contribution is -2.36. The number of nitrogens with zero attached hydrogens (tertiary/aromatic N) is 4. The van der Waals surface area contributed by atoms with Crippen molar-refractivity contribution in [3.05, 3.63) is 48.0 Å². The number of fused-ring (bicyclic) bond motifs is 1. The molecule has 1 aliphatic heterocycles. The molecule has 2 heterocycles. The fourth-order valence-electron chi connectivity index (χ4n) is 4.82. The smallest absolute Gasteiger partial charge is 0.137 e. The topological polar surface area (TPSA) is 54.2 Å². The Balaban J connectivity index is 1.36. The molecule has 1 saturated heterocycles. The van der Waals surface area contributed by atoms with E-state index in [1.54, 1.807) is 12.7 Å².